The van der Waals surface area contributed by atoms with Crippen LogP contribution in [-0.2, 0) is 6.54 Å². The average Bonchev–Trinajstić information content (AvgIpc) is 2.46. The molecular weight excluding hydrogens is 257 g/mol. The van der Waals surface area contributed by atoms with Gasteiger partial charge >= 0.3 is 0 Å². The van der Waals surface area contributed by atoms with E-state index in [2.05, 4.69) is 15.3 Å². The fourth-order valence-electron chi connectivity index (χ4n) is 1.61. The lowest BCUT2D eigenvalue weighted by atomic mass is 10.1. The van der Waals surface area contributed by atoms with Crippen molar-refractivity contribution in [2.75, 3.05) is 24.3 Å². The fourth-order valence-corrected chi connectivity index (χ4v) is 1.61. The second-order valence-electron chi connectivity index (χ2n) is 4.41. The normalized spacial score (nSPS) is 9.90. The van der Waals surface area contributed by atoms with Crippen LogP contribution in [0.25, 0.3) is 0 Å². The first-order chi connectivity index (χ1) is 9.60. The number of halogens is 1. The molecule has 1 aromatic carbocycles. The van der Waals surface area contributed by atoms with Crippen molar-refractivity contribution in [1.82, 2.24) is 9.97 Å². The zero-order valence-corrected chi connectivity index (χ0v) is 11.3. The molecule has 0 saturated heterocycles. The molecule has 1 N–H and O–H groups in total. The Morgan fingerprint density at radius 2 is 2.15 bits per heavy atom. The van der Waals surface area contributed by atoms with Gasteiger partial charge in [0.15, 0.2) is 0 Å². The lowest BCUT2D eigenvalue weighted by Gasteiger charge is -2.12. The van der Waals surface area contributed by atoms with Crippen LogP contribution < -0.4 is 10.2 Å². The maximum absolute atomic E-state index is 13.7. The highest BCUT2D eigenvalue weighted by Gasteiger charge is 2.05. The molecule has 6 heteroatoms. The maximum Gasteiger partial charge on any atom is 0.226 e. The van der Waals surface area contributed by atoms with E-state index in [-0.39, 0.29) is 0 Å². The molecule has 0 atom stereocenters. The van der Waals surface area contributed by atoms with Gasteiger partial charge in [0, 0.05) is 32.4 Å². The minimum absolute atomic E-state index is 0.293. The van der Waals surface area contributed by atoms with Crippen molar-refractivity contribution in [2.24, 2.45) is 0 Å². The van der Waals surface area contributed by atoms with Crippen molar-refractivity contribution in [2.45, 2.75) is 6.54 Å². The standard InChI is InChI=1S/C14H14FN5/c1-20(2)14-17-6-5-13(19-14)18-9-11-4-3-10(8-16)7-12(11)15/h3-7H,9H2,1-2H3,(H,17,18,19). The summed E-state index contributed by atoms with van der Waals surface area (Å²) in [5.74, 6) is 0.793. The van der Waals surface area contributed by atoms with Crippen LogP contribution in [-0.4, -0.2) is 24.1 Å². The number of aromatic nitrogens is 2. The molecule has 0 saturated carbocycles. The second kappa shape index (κ2) is 5.97. The van der Waals surface area contributed by atoms with Crippen molar-refractivity contribution in [1.29, 1.82) is 5.26 Å². The van der Waals surface area contributed by atoms with Crippen LogP contribution in [0.2, 0.25) is 0 Å². The van der Waals surface area contributed by atoms with Crippen molar-refractivity contribution >= 4 is 11.8 Å². The SMILES string of the molecule is CN(C)c1nccc(NCc2ccc(C#N)cc2F)n1. The molecule has 0 amide bonds. The summed E-state index contributed by atoms with van der Waals surface area (Å²) in [6.07, 6.45) is 1.64. The number of benzene rings is 1. The summed E-state index contributed by atoms with van der Waals surface area (Å²) in [6.45, 7) is 0.293. The van der Waals surface area contributed by atoms with Crippen molar-refractivity contribution in [3.05, 3.63) is 47.4 Å². The molecule has 0 aliphatic carbocycles. The van der Waals surface area contributed by atoms with Gasteiger partial charge in [0.1, 0.15) is 11.6 Å². The van der Waals surface area contributed by atoms with Gasteiger partial charge in [-0.15, -0.1) is 0 Å². The molecule has 0 fully saturated rings. The van der Waals surface area contributed by atoms with E-state index in [1.54, 1.807) is 29.3 Å². The lowest BCUT2D eigenvalue weighted by molar-refractivity contribution is 0.612. The van der Waals surface area contributed by atoms with E-state index in [0.717, 1.165) is 0 Å². The van der Waals surface area contributed by atoms with E-state index in [9.17, 15) is 4.39 Å². The van der Waals surface area contributed by atoms with E-state index in [4.69, 9.17) is 5.26 Å². The zero-order valence-electron chi connectivity index (χ0n) is 11.3. The molecule has 1 heterocycles. The Morgan fingerprint density at radius 1 is 1.35 bits per heavy atom. The molecule has 0 spiro atoms. The summed E-state index contributed by atoms with van der Waals surface area (Å²) in [7, 11) is 3.69. The number of rotatable bonds is 4. The summed E-state index contributed by atoms with van der Waals surface area (Å²) in [6, 6.07) is 8.02. The molecule has 2 aromatic rings. The maximum atomic E-state index is 13.7. The first kappa shape index (κ1) is 13.7. The Morgan fingerprint density at radius 3 is 2.80 bits per heavy atom. The molecule has 0 aliphatic heterocycles. The molecule has 1 aromatic heterocycles. The Bertz CT molecular complexity index is 648. The van der Waals surface area contributed by atoms with E-state index < -0.39 is 5.82 Å². The summed E-state index contributed by atoms with van der Waals surface area (Å²) in [4.78, 5) is 10.2. The van der Waals surface area contributed by atoms with Gasteiger partial charge in [-0.2, -0.15) is 10.2 Å². The van der Waals surface area contributed by atoms with Crippen molar-refractivity contribution in [3.8, 4) is 6.07 Å². The van der Waals surface area contributed by atoms with E-state index in [0.29, 0.717) is 29.4 Å². The minimum Gasteiger partial charge on any atom is -0.366 e. The van der Waals surface area contributed by atoms with Gasteiger partial charge in [-0.05, 0) is 18.2 Å². The highest BCUT2D eigenvalue weighted by atomic mass is 19.1. The van der Waals surface area contributed by atoms with Crippen LogP contribution in [0.15, 0.2) is 30.5 Å². The third-order valence-corrected chi connectivity index (χ3v) is 2.68. The van der Waals surface area contributed by atoms with Crippen LogP contribution >= 0.6 is 0 Å². The van der Waals surface area contributed by atoms with Gasteiger partial charge in [-0.25, -0.2) is 9.37 Å². The number of anilines is 2. The number of nitrogens with one attached hydrogen (secondary N) is 1. The summed E-state index contributed by atoms with van der Waals surface area (Å²) >= 11 is 0. The molecule has 20 heavy (non-hydrogen) atoms. The van der Waals surface area contributed by atoms with E-state index in [1.807, 2.05) is 20.2 Å². The molecule has 0 aliphatic rings. The first-order valence-electron chi connectivity index (χ1n) is 6.03. The molecule has 5 nitrogen and oxygen atoms in total. The summed E-state index contributed by atoms with van der Waals surface area (Å²) in [5, 5.41) is 11.7. The largest absolute Gasteiger partial charge is 0.366 e. The summed E-state index contributed by atoms with van der Waals surface area (Å²) in [5.41, 5.74) is 0.789. The quantitative estimate of drug-likeness (QED) is 0.923. The average molecular weight is 271 g/mol. The minimum atomic E-state index is -0.404. The van der Waals surface area contributed by atoms with E-state index >= 15 is 0 Å². The van der Waals surface area contributed by atoms with Gasteiger partial charge in [-0.3, -0.25) is 0 Å². The monoisotopic (exact) mass is 271 g/mol. The Kier molecular flexibility index (Phi) is 4.11. The number of hydrogen-bond donors (Lipinski definition) is 1. The molecular formula is C14H14FN5. The Hall–Kier alpha value is -2.68. The van der Waals surface area contributed by atoms with Crippen LogP contribution in [0, 0.1) is 17.1 Å². The highest BCUT2D eigenvalue weighted by molar-refractivity contribution is 5.41. The smallest absolute Gasteiger partial charge is 0.226 e. The zero-order chi connectivity index (χ0) is 14.5. The van der Waals surface area contributed by atoms with Gasteiger partial charge < -0.3 is 10.2 Å². The van der Waals surface area contributed by atoms with Gasteiger partial charge in [-0.1, -0.05) is 6.07 Å². The number of hydrogen-bond acceptors (Lipinski definition) is 5. The van der Waals surface area contributed by atoms with Crippen LogP contribution in [0.3, 0.4) is 0 Å². The van der Waals surface area contributed by atoms with Gasteiger partial charge in [0.25, 0.3) is 0 Å². The predicted molar refractivity (Wildman–Crippen MR) is 74.8 cm³/mol. The third kappa shape index (κ3) is 3.20. The van der Waals surface area contributed by atoms with Crippen LogP contribution in [0.1, 0.15) is 11.1 Å². The molecule has 0 radical (unpaired) electrons. The molecule has 0 unspecified atom stereocenters. The third-order valence-electron chi connectivity index (χ3n) is 2.68. The van der Waals surface area contributed by atoms with Gasteiger partial charge in [0.05, 0.1) is 11.6 Å². The Labute approximate surface area is 116 Å². The molecule has 2 rings (SSSR count). The lowest BCUT2D eigenvalue weighted by Crippen LogP contribution is -2.13. The fraction of sp³-hybridized carbons (Fsp3) is 0.214. The molecule has 0 bridgehead atoms. The number of nitrogens with zero attached hydrogens (tertiary/aromatic N) is 4. The van der Waals surface area contributed by atoms with Crippen LogP contribution in [0.5, 0.6) is 0 Å². The highest BCUT2D eigenvalue weighted by Crippen LogP contribution is 2.13. The van der Waals surface area contributed by atoms with Crippen molar-refractivity contribution in [3.63, 3.8) is 0 Å². The first-order valence-corrected chi connectivity index (χ1v) is 6.03. The Balaban J connectivity index is 2.09. The second-order valence-corrected chi connectivity index (χ2v) is 4.41. The summed E-state index contributed by atoms with van der Waals surface area (Å²) < 4.78 is 13.7. The van der Waals surface area contributed by atoms with Gasteiger partial charge in [0.2, 0.25) is 5.95 Å². The number of nitriles is 1. The van der Waals surface area contributed by atoms with E-state index in [1.165, 1.54) is 6.07 Å². The molecule has 102 valence electrons. The van der Waals surface area contributed by atoms with Crippen LogP contribution in [0.4, 0.5) is 16.2 Å². The predicted octanol–water partition coefficient (Wildman–Crippen LogP) is 2.17. The topological polar surface area (TPSA) is 64.8 Å². The van der Waals surface area contributed by atoms with Crippen molar-refractivity contribution < 1.29 is 4.39 Å².